The van der Waals surface area contributed by atoms with Gasteiger partial charge in [-0.05, 0) is 31.0 Å². The molecule has 1 unspecified atom stereocenters. The van der Waals surface area contributed by atoms with E-state index in [0.717, 1.165) is 4.31 Å². The lowest BCUT2D eigenvalue weighted by Crippen LogP contribution is -2.47. The summed E-state index contributed by atoms with van der Waals surface area (Å²) in [5.74, 6) is -4.72. The molecule has 224 valence electrons. The minimum Gasteiger partial charge on any atom is -0.618 e. The van der Waals surface area contributed by atoms with Crippen molar-refractivity contribution in [1.82, 2.24) is 9.21 Å². The number of benzene rings is 2. The normalized spacial score (nSPS) is 17.4. The molecule has 1 aromatic heterocycles. The first-order chi connectivity index (χ1) is 19.9. The molecular formula is C29H31F2N3O7S. The van der Waals surface area contributed by atoms with Crippen molar-refractivity contribution in [1.29, 1.82) is 0 Å². The van der Waals surface area contributed by atoms with Crippen molar-refractivity contribution in [3.63, 3.8) is 0 Å². The maximum absolute atomic E-state index is 13.8. The van der Waals surface area contributed by atoms with Gasteiger partial charge in [-0.25, -0.2) is 8.42 Å². The number of halogens is 2. The maximum Gasteiger partial charge on any atom is 0.348 e. The lowest BCUT2D eigenvalue weighted by Gasteiger charge is -2.36. The fourth-order valence-corrected chi connectivity index (χ4v) is 6.37. The second kappa shape index (κ2) is 12.9. The van der Waals surface area contributed by atoms with Crippen LogP contribution in [0.3, 0.4) is 0 Å². The number of pyridine rings is 1. The van der Waals surface area contributed by atoms with Crippen LogP contribution in [0.25, 0.3) is 0 Å². The molecule has 42 heavy (non-hydrogen) atoms. The number of ether oxygens (including phenoxy) is 2. The number of hydrogen-bond donors (Lipinski definition) is 0. The van der Waals surface area contributed by atoms with E-state index >= 15 is 0 Å². The molecule has 0 N–H and O–H groups in total. The van der Waals surface area contributed by atoms with Crippen LogP contribution in [0.1, 0.15) is 34.5 Å². The molecule has 3 aromatic rings. The molecule has 2 atom stereocenters. The molecule has 10 nitrogen and oxygen atoms in total. The molecule has 2 heterocycles. The van der Waals surface area contributed by atoms with Crippen molar-refractivity contribution >= 4 is 21.9 Å². The number of esters is 1. The third-order valence-corrected chi connectivity index (χ3v) is 8.78. The second-order valence-electron chi connectivity index (χ2n) is 10.0. The number of alkyl halides is 2. The minimum absolute atomic E-state index is 0.00908. The Hall–Kier alpha value is -3.94. The smallest absolute Gasteiger partial charge is 0.348 e. The Labute approximate surface area is 242 Å². The van der Waals surface area contributed by atoms with E-state index in [0.29, 0.717) is 11.2 Å². The Morgan fingerprint density at radius 1 is 1.10 bits per heavy atom. The number of carbonyl (C=O) groups excluding carboxylic acids is 2. The van der Waals surface area contributed by atoms with Gasteiger partial charge >= 0.3 is 12.6 Å². The number of hydrogen-bond acceptors (Lipinski definition) is 7. The summed E-state index contributed by atoms with van der Waals surface area (Å²) in [6, 6.07) is 17.6. The molecule has 1 saturated heterocycles. The van der Waals surface area contributed by atoms with Crippen molar-refractivity contribution in [3.05, 3.63) is 101 Å². The molecule has 1 fully saturated rings. The highest BCUT2D eigenvalue weighted by Gasteiger charge is 2.45. The SMILES string of the molecule is CN(C)C(=O)c1cccc(S(=O)(=O)N2CCC[C@H](C(=O)OC(Cc3cccc[n+]3[O-])(OC(F)F)c3ccccc3)C2)c1. The van der Waals surface area contributed by atoms with Crippen LogP contribution in [0.15, 0.2) is 83.9 Å². The molecule has 13 heteroatoms. The molecular weight excluding hydrogens is 572 g/mol. The number of piperidine rings is 1. The monoisotopic (exact) mass is 603 g/mol. The van der Waals surface area contributed by atoms with E-state index in [1.165, 1.54) is 65.7 Å². The van der Waals surface area contributed by atoms with E-state index in [-0.39, 0.29) is 47.1 Å². The third kappa shape index (κ3) is 6.92. The van der Waals surface area contributed by atoms with Crippen molar-refractivity contribution in [2.45, 2.75) is 36.6 Å². The average Bonchev–Trinajstić information content (AvgIpc) is 2.98. The molecule has 0 saturated carbocycles. The van der Waals surface area contributed by atoms with Crippen molar-refractivity contribution in [2.75, 3.05) is 27.2 Å². The summed E-state index contributed by atoms with van der Waals surface area (Å²) in [6.07, 6.45) is 1.18. The van der Waals surface area contributed by atoms with E-state index in [2.05, 4.69) is 0 Å². The minimum atomic E-state index is -4.12. The molecule has 0 aliphatic carbocycles. The van der Waals surface area contributed by atoms with Gasteiger partial charge in [-0.2, -0.15) is 17.8 Å². The van der Waals surface area contributed by atoms with Crippen molar-refractivity contribution in [3.8, 4) is 0 Å². The summed E-state index contributed by atoms with van der Waals surface area (Å²) in [7, 11) is -1.03. The number of amides is 1. The third-order valence-electron chi connectivity index (χ3n) is 6.92. The quantitative estimate of drug-likeness (QED) is 0.151. The molecule has 0 bridgehead atoms. The van der Waals surface area contributed by atoms with Gasteiger partial charge in [0.05, 0.1) is 10.8 Å². The highest BCUT2D eigenvalue weighted by atomic mass is 32.2. The van der Waals surface area contributed by atoms with Crippen LogP contribution in [-0.4, -0.2) is 63.3 Å². The average molecular weight is 604 g/mol. The molecule has 0 spiro atoms. The molecule has 4 rings (SSSR count). The molecule has 1 amide bonds. The van der Waals surface area contributed by atoms with E-state index < -0.39 is 40.7 Å². The maximum atomic E-state index is 13.8. The van der Waals surface area contributed by atoms with E-state index in [1.54, 1.807) is 32.3 Å². The topological polar surface area (TPSA) is 120 Å². The lowest BCUT2D eigenvalue weighted by molar-refractivity contribution is -0.616. The van der Waals surface area contributed by atoms with E-state index in [9.17, 15) is 32.0 Å². The first-order valence-corrected chi connectivity index (χ1v) is 14.6. The predicted octanol–water partition coefficient (Wildman–Crippen LogP) is 3.30. The summed E-state index contributed by atoms with van der Waals surface area (Å²) in [5.41, 5.74) is 0.266. The molecule has 1 aliphatic rings. The van der Waals surface area contributed by atoms with Crippen LogP contribution in [0, 0.1) is 11.1 Å². The Balaban J connectivity index is 1.63. The van der Waals surface area contributed by atoms with Gasteiger partial charge in [0.25, 0.3) is 11.7 Å². The zero-order valence-corrected chi connectivity index (χ0v) is 23.9. The van der Waals surface area contributed by atoms with Gasteiger partial charge in [-0.1, -0.05) is 42.5 Å². The first kappa shape index (κ1) is 31.0. The van der Waals surface area contributed by atoms with Crippen LogP contribution >= 0.6 is 0 Å². The highest BCUT2D eigenvalue weighted by molar-refractivity contribution is 7.89. The summed E-state index contributed by atoms with van der Waals surface area (Å²) in [5, 5.41) is 12.4. The fraction of sp³-hybridized carbons (Fsp3) is 0.345. The van der Waals surface area contributed by atoms with Gasteiger partial charge in [-0.3, -0.25) is 14.3 Å². The van der Waals surface area contributed by atoms with Crippen LogP contribution in [0.5, 0.6) is 0 Å². The number of aromatic nitrogens is 1. The number of carbonyl (C=O) groups is 2. The summed E-state index contributed by atoms with van der Waals surface area (Å²) in [4.78, 5) is 27.2. The zero-order valence-electron chi connectivity index (χ0n) is 23.1. The van der Waals surface area contributed by atoms with Gasteiger partial charge in [0.1, 0.15) is 6.42 Å². The number of nitrogens with zero attached hydrogens (tertiary/aromatic N) is 3. The Bertz CT molecular complexity index is 1520. The summed E-state index contributed by atoms with van der Waals surface area (Å²) < 4.78 is 67.0. The first-order valence-electron chi connectivity index (χ1n) is 13.2. The van der Waals surface area contributed by atoms with Gasteiger partial charge in [0.15, 0.2) is 11.9 Å². The van der Waals surface area contributed by atoms with E-state index in [4.69, 9.17) is 9.47 Å². The number of sulfonamides is 1. The van der Waals surface area contributed by atoms with Gasteiger partial charge in [0.2, 0.25) is 10.0 Å². The van der Waals surface area contributed by atoms with Crippen molar-refractivity contribution in [2.24, 2.45) is 5.92 Å². The highest BCUT2D eigenvalue weighted by Crippen LogP contribution is 2.35. The Kier molecular flexibility index (Phi) is 9.54. The Morgan fingerprint density at radius 3 is 2.48 bits per heavy atom. The fourth-order valence-electron chi connectivity index (χ4n) is 4.80. The second-order valence-corrected chi connectivity index (χ2v) is 12.0. The summed E-state index contributed by atoms with van der Waals surface area (Å²) in [6.45, 7) is -3.54. The van der Waals surface area contributed by atoms with Gasteiger partial charge in [0, 0.05) is 50.4 Å². The molecule has 1 aliphatic heterocycles. The number of rotatable bonds is 10. The van der Waals surface area contributed by atoms with Gasteiger partial charge < -0.3 is 14.8 Å². The van der Waals surface area contributed by atoms with Crippen LogP contribution < -0.4 is 4.73 Å². The Morgan fingerprint density at radius 2 is 1.81 bits per heavy atom. The standard InChI is InChI=1S/C29H31F2N3O7S/c1-32(2)26(35)21-10-8-15-25(18-21)42(38,39)33-16-9-11-22(20-33)27(36)40-29(41-28(30)31,23-12-4-3-5-13-23)19-24-14-6-7-17-34(24)37/h3-8,10,12-15,17-18,22,28H,9,11,16,19-20H2,1-2H3/t22-,29?/m0/s1. The lowest BCUT2D eigenvalue weighted by atomic mass is 9.97. The van der Waals surface area contributed by atoms with Crippen molar-refractivity contribution < 1.29 is 41.0 Å². The zero-order chi connectivity index (χ0) is 30.5. The van der Waals surface area contributed by atoms with Crippen LogP contribution in [0.2, 0.25) is 0 Å². The predicted molar refractivity (Wildman–Crippen MR) is 146 cm³/mol. The van der Waals surface area contributed by atoms with E-state index in [1.807, 2.05) is 0 Å². The van der Waals surface area contributed by atoms with Gasteiger partial charge in [-0.15, -0.1) is 0 Å². The summed E-state index contributed by atoms with van der Waals surface area (Å²) >= 11 is 0. The largest absolute Gasteiger partial charge is 0.618 e. The molecule has 2 aromatic carbocycles. The van der Waals surface area contributed by atoms with Crippen LogP contribution in [-0.2, 0) is 36.5 Å². The van der Waals surface area contributed by atoms with Crippen LogP contribution in [0.4, 0.5) is 8.78 Å². The molecule has 0 radical (unpaired) electrons.